The highest BCUT2D eigenvalue weighted by Crippen LogP contribution is 2.27. The van der Waals surface area contributed by atoms with Crippen molar-refractivity contribution in [2.75, 3.05) is 27.5 Å². The van der Waals surface area contributed by atoms with Gasteiger partial charge in [0.1, 0.15) is 5.75 Å². The Morgan fingerprint density at radius 3 is 2.35 bits per heavy atom. The Balaban J connectivity index is 1.72. The van der Waals surface area contributed by atoms with E-state index in [9.17, 15) is 4.79 Å². The van der Waals surface area contributed by atoms with E-state index in [2.05, 4.69) is 10.6 Å². The van der Waals surface area contributed by atoms with Gasteiger partial charge in [-0.1, -0.05) is 23.8 Å². The molecule has 26 heavy (non-hydrogen) atoms. The summed E-state index contributed by atoms with van der Waals surface area (Å²) in [5.74, 6) is 2.13. The lowest BCUT2D eigenvalue weighted by atomic mass is 10.1. The van der Waals surface area contributed by atoms with Gasteiger partial charge >= 0.3 is 6.03 Å². The van der Waals surface area contributed by atoms with Crippen molar-refractivity contribution in [2.24, 2.45) is 0 Å². The maximum Gasteiger partial charge on any atom is 0.317 e. The van der Waals surface area contributed by atoms with E-state index in [4.69, 9.17) is 14.2 Å². The van der Waals surface area contributed by atoms with Crippen LogP contribution >= 0.6 is 0 Å². The first-order valence-electron chi connectivity index (χ1n) is 8.46. The largest absolute Gasteiger partial charge is 0.493 e. The van der Waals surface area contributed by atoms with Crippen molar-refractivity contribution in [1.29, 1.82) is 0 Å². The summed E-state index contributed by atoms with van der Waals surface area (Å²) < 4.78 is 16.1. The van der Waals surface area contributed by atoms with Crippen molar-refractivity contribution in [3.63, 3.8) is 0 Å². The number of hydrogen-bond acceptors (Lipinski definition) is 4. The van der Waals surface area contributed by atoms with Gasteiger partial charge < -0.3 is 24.8 Å². The molecule has 2 rings (SSSR count). The van der Waals surface area contributed by atoms with Crippen LogP contribution in [0.5, 0.6) is 17.2 Å². The molecule has 0 unspecified atom stereocenters. The van der Waals surface area contributed by atoms with Crippen molar-refractivity contribution >= 4 is 6.03 Å². The number of benzene rings is 2. The number of methoxy groups -OCH3 is 2. The zero-order valence-corrected chi connectivity index (χ0v) is 15.7. The van der Waals surface area contributed by atoms with Gasteiger partial charge in [-0.3, -0.25) is 0 Å². The average Bonchev–Trinajstić information content (AvgIpc) is 2.63. The number of ether oxygens (including phenoxy) is 3. The maximum absolute atomic E-state index is 11.8. The summed E-state index contributed by atoms with van der Waals surface area (Å²) in [4.78, 5) is 11.8. The van der Waals surface area contributed by atoms with E-state index >= 15 is 0 Å². The summed E-state index contributed by atoms with van der Waals surface area (Å²) >= 11 is 0. The normalized spacial score (nSPS) is 10.2. The van der Waals surface area contributed by atoms with E-state index in [0.717, 1.165) is 16.9 Å². The molecular weight excluding hydrogens is 332 g/mol. The van der Waals surface area contributed by atoms with Crippen LogP contribution in [0.25, 0.3) is 0 Å². The lowest BCUT2D eigenvalue weighted by Crippen LogP contribution is -2.38. The lowest BCUT2D eigenvalue weighted by Gasteiger charge is -2.12. The van der Waals surface area contributed by atoms with E-state index in [1.165, 1.54) is 5.56 Å². The molecule has 0 saturated heterocycles. The van der Waals surface area contributed by atoms with E-state index < -0.39 is 0 Å². The standard InChI is InChI=1S/C20H26N2O4/c1-14-5-7-17(15(2)11-14)26-13-22-20(23)21-10-9-16-6-8-18(24-3)19(12-16)25-4/h5-8,11-12H,9-10,13H2,1-4H3,(H2,21,22,23). The molecule has 0 spiro atoms. The lowest BCUT2D eigenvalue weighted by molar-refractivity contribution is 0.224. The summed E-state index contributed by atoms with van der Waals surface area (Å²) in [5, 5.41) is 5.49. The Morgan fingerprint density at radius 1 is 0.923 bits per heavy atom. The van der Waals surface area contributed by atoms with Gasteiger partial charge in [0.05, 0.1) is 14.2 Å². The molecule has 0 fully saturated rings. The summed E-state index contributed by atoms with van der Waals surface area (Å²) in [6, 6.07) is 11.4. The van der Waals surface area contributed by atoms with E-state index in [0.29, 0.717) is 24.5 Å². The second kappa shape index (κ2) is 9.56. The molecule has 0 bridgehead atoms. The molecule has 2 aromatic carbocycles. The second-order valence-corrected chi connectivity index (χ2v) is 5.93. The molecule has 0 heterocycles. The number of aryl methyl sites for hydroxylation is 2. The molecular formula is C20H26N2O4. The molecule has 2 aromatic rings. The Kier molecular flexibility index (Phi) is 7.14. The van der Waals surface area contributed by atoms with Crippen molar-refractivity contribution in [1.82, 2.24) is 10.6 Å². The highest BCUT2D eigenvalue weighted by Gasteiger charge is 2.06. The third kappa shape index (κ3) is 5.58. The molecule has 0 aliphatic rings. The number of carbonyl (C=O) groups excluding carboxylic acids is 1. The van der Waals surface area contributed by atoms with Gasteiger partial charge in [-0.2, -0.15) is 0 Å². The molecule has 2 N–H and O–H groups in total. The summed E-state index contributed by atoms with van der Waals surface area (Å²) in [5.41, 5.74) is 3.27. The minimum absolute atomic E-state index is 0.117. The van der Waals surface area contributed by atoms with Crippen molar-refractivity contribution < 1.29 is 19.0 Å². The molecule has 140 valence electrons. The molecule has 0 aromatic heterocycles. The smallest absolute Gasteiger partial charge is 0.317 e. The van der Waals surface area contributed by atoms with E-state index in [1.54, 1.807) is 14.2 Å². The minimum Gasteiger partial charge on any atom is -0.493 e. The van der Waals surface area contributed by atoms with E-state index in [-0.39, 0.29) is 12.8 Å². The SMILES string of the molecule is COc1ccc(CCNC(=O)NCOc2ccc(C)cc2C)cc1OC. The summed E-state index contributed by atoms with van der Waals surface area (Å²) in [6.07, 6.45) is 0.686. The number of urea groups is 1. The zero-order valence-electron chi connectivity index (χ0n) is 15.7. The Bertz CT molecular complexity index is 747. The zero-order chi connectivity index (χ0) is 18.9. The fraction of sp³-hybridized carbons (Fsp3) is 0.350. The third-order valence-electron chi connectivity index (χ3n) is 3.94. The molecule has 0 atom stereocenters. The van der Waals surface area contributed by atoms with Crippen LogP contribution in [-0.2, 0) is 6.42 Å². The monoisotopic (exact) mass is 358 g/mol. The fourth-order valence-corrected chi connectivity index (χ4v) is 2.56. The van der Waals surface area contributed by atoms with E-state index in [1.807, 2.05) is 50.2 Å². The van der Waals surface area contributed by atoms with Crippen LogP contribution in [0.15, 0.2) is 36.4 Å². The summed E-state index contributed by atoms with van der Waals surface area (Å²) in [6.45, 7) is 4.63. The fourth-order valence-electron chi connectivity index (χ4n) is 2.56. The number of hydrogen-bond donors (Lipinski definition) is 2. The Labute approximate surface area is 154 Å². The molecule has 0 aliphatic carbocycles. The van der Waals surface area contributed by atoms with Crippen molar-refractivity contribution in [2.45, 2.75) is 20.3 Å². The highest BCUT2D eigenvalue weighted by atomic mass is 16.5. The van der Waals surface area contributed by atoms with Crippen molar-refractivity contribution in [3.05, 3.63) is 53.1 Å². The van der Waals surface area contributed by atoms with Gasteiger partial charge in [0.25, 0.3) is 0 Å². The molecule has 0 radical (unpaired) electrons. The van der Waals surface area contributed by atoms with Gasteiger partial charge in [-0.25, -0.2) is 4.79 Å². The van der Waals surface area contributed by atoms with Crippen LogP contribution in [0.4, 0.5) is 4.79 Å². The van der Waals surface area contributed by atoms with Crippen LogP contribution in [0.1, 0.15) is 16.7 Å². The predicted octanol–water partition coefficient (Wildman–Crippen LogP) is 3.20. The molecule has 0 saturated carbocycles. The highest BCUT2D eigenvalue weighted by molar-refractivity contribution is 5.73. The van der Waals surface area contributed by atoms with Crippen LogP contribution < -0.4 is 24.8 Å². The predicted molar refractivity (Wildman–Crippen MR) is 101 cm³/mol. The van der Waals surface area contributed by atoms with Crippen LogP contribution in [-0.4, -0.2) is 33.5 Å². The van der Waals surface area contributed by atoms with Gasteiger partial charge in [-0.15, -0.1) is 0 Å². The van der Waals surface area contributed by atoms with Crippen LogP contribution in [0.2, 0.25) is 0 Å². The molecule has 6 heteroatoms. The van der Waals surface area contributed by atoms with Gasteiger partial charge in [0.2, 0.25) is 0 Å². The number of carbonyl (C=O) groups is 1. The Morgan fingerprint density at radius 2 is 1.65 bits per heavy atom. The first-order valence-corrected chi connectivity index (χ1v) is 8.46. The van der Waals surface area contributed by atoms with Gasteiger partial charge in [0.15, 0.2) is 18.2 Å². The third-order valence-corrected chi connectivity index (χ3v) is 3.94. The summed E-state index contributed by atoms with van der Waals surface area (Å²) in [7, 11) is 3.20. The number of amides is 2. The average molecular weight is 358 g/mol. The Hall–Kier alpha value is -2.89. The maximum atomic E-state index is 11.8. The first kappa shape index (κ1) is 19.4. The van der Waals surface area contributed by atoms with Gasteiger partial charge in [0, 0.05) is 6.54 Å². The number of rotatable bonds is 8. The topological polar surface area (TPSA) is 68.8 Å². The number of nitrogens with one attached hydrogen (secondary N) is 2. The van der Waals surface area contributed by atoms with Gasteiger partial charge in [-0.05, 0) is 49.6 Å². The quantitative estimate of drug-likeness (QED) is 0.711. The second-order valence-electron chi connectivity index (χ2n) is 5.93. The first-order chi connectivity index (χ1) is 12.5. The van der Waals surface area contributed by atoms with Crippen LogP contribution in [0, 0.1) is 13.8 Å². The minimum atomic E-state index is -0.268. The molecule has 6 nitrogen and oxygen atoms in total. The van der Waals surface area contributed by atoms with Crippen molar-refractivity contribution in [3.8, 4) is 17.2 Å². The molecule has 0 aliphatic heterocycles. The van der Waals surface area contributed by atoms with Crippen LogP contribution in [0.3, 0.4) is 0 Å². The molecule has 2 amide bonds.